The number of benzene rings is 1. The predicted molar refractivity (Wildman–Crippen MR) is 96.8 cm³/mol. The number of hydrogen-bond donors (Lipinski definition) is 4. The quantitative estimate of drug-likeness (QED) is 0.457. The van der Waals surface area contributed by atoms with E-state index in [2.05, 4.69) is 36.1 Å². The fourth-order valence-corrected chi connectivity index (χ4v) is 2.03. The SMILES string of the molecule is CCNc1nc(NCC)nc(N/N=C(\C)c2cc(C)ccc2O)n1. The molecule has 1 heterocycles. The van der Waals surface area contributed by atoms with E-state index in [1.165, 1.54) is 0 Å². The van der Waals surface area contributed by atoms with Gasteiger partial charge in [-0.05, 0) is 39.8 Å². The van der Waals surface area contributed by atoms with Crippen molar-refractivity contribution in [3.8, 4) is 5.75 Å². The van der Waals surface area contributed by atoms with Gasteiger partial charge in [-0.2, -0.15) is 20.1 Å². The molecule has 0 saturated heterocycles. The monoisotopic (exact) mass is 329 g/mol. The van der Waals surface area contributed by atoms with Crippen molar-refractivity contribution in [1.29, 1.82) is 0 Å². The van der Waals surface area contributed by atoms with E-state index in [0.717, 1.165) is 5.56 Å². The maximum atomic E-state index is 9.96. The van der Waals surface area contributed by atoms with Crippen molar-refractivity contribution in [3.05, 3.63) is 29.3 Å². The minimum absolute atomic E-state index is 0.181. The molecule has 2 aromatic rings. The molecule has 1 aromatic heterocycles. The van der Waals surface area contributed by atoms with Crippen molar-refractivity contribution in [3.63, 3.8) is 0 Å². The molecule has 8 heteroatoms. The lowest BCUT2D eigenvalue weighted by Gasteiger charge is -2.09. The second-order valence-corrected chi connectivity index (χ2v) is 5.20. The summed E-state index contributed by atoms with van der Waals surface area (Å²) < 4.78 is 0. The van der Waals surface area contributed by atoms with Gasteiger partial charge in [0.25, 0.3) is 0 Å². The average Bonchev–Trinajstić information content (AvgIpc) is 2.55. The normalized spacial score (nSPS) is 11.2. The molecule has 128 valence electrons. The van der Waals surface area contributed by atoms with Gasteiger partial charge in [-0.1, -0.05) is 11.6 Å². The Morgan fingerprint density at radius 2 is 1.62 bits per heavy atom. The van der Waals surface area contributed by atoms with E-state index in [-0.39, 0.29) is 5.75 Å². The lowest BCUT2D eigenvalue weighted by atomic mass is 10.1. The van der Waals surface area contributed by atoms with Crippen LogP contribution in [0.1, 0.15) is 31.9 Å². The molecule has 0 fully saturated rings. The number of aromatic nitrogens is 3. The van der Waals surface area contributed by atoms with Crippen LogP contribution in [0.2, 0.25) is 0 Å². The molecule has 8 nitrogen and oxygen atoms in total. The van der Waals surface area contributed by atoms with Gasteiger partial charge in [0.05, 0.1) is 5.71 Å². The summed E-state index contributed by atoms with van der Waals surface area (Å²) in [6.07, 6.45) is 0. The van der Waals surface area contributed by atoms with Crippen molar-refractivity contribution in [2.24, 2.45) is 5.10 Å². The zero-order chi connectivity index (χ0) is 17.5. The lowest BCUT2D eigenvalue weighted by molar-refractivity contribution is 0.474. The highest BCUT2D eigenvalue weighted by Crippen LogP contribution is 2.19. The van der Waals surface area contributed by atoms with E-state index in [9.17, 15) is 5.11 Å². The first-order valence-corrected chi connectivity index (χ1v) is 7.87. The molecule has 0 atom stereocenters. The fourth-order valence-electron chi connectivity index (χ4n) is 2.03. The molecule has 0 spiro atoms. The number of nitrogens with zero attached hydrogens (tertiary/aromatic N) is 4. The molecular formula is C16H23N7O. The van der Waals surface area contributed by atoms with Crippen LogP contribution in [0, 0.1) is 6.92 Å². The van der Waals surface area contributed by atoms with Crippen LogP contribution in [0.15, 0.2) is 23.3 Å². The first-order chi connectivity index (χ1) is 11.5. The zero-order valence-electron chi connectivity index (χ0n) is 14.4. The highest BCUT2D eigenvalue weighted by Gasteiger charge is 2.07. The van der Waals surface area contributed by atoms with E-state index in [1.807, 2.05) is 32.9 Å². The van der Waals surface area contributed by atoms with Crippen molar-refractivity contribution >= 4 is 23.6 Å². The summed E-state index contributed by atoms with van der Waals surface area (Å²) in [7, 11) is 0. The number of phenolic OH excluding ortho intramolecular Hbond substituents is 1. The number of hydrogen-bond acceptors (Lipinski definition) is 8. The van der Waals surface area contributed by atoms with Gasteiger partial charge < -0.3 is 15.7 Å². The number of aromatic hydroxyl groups is 1. The first-order valence-electron chi connectivity index (χ1n) is 7.87. The molecule has 0 amide bonds. The molecule has 24 heavy (non-hydrogen) atoms. The molecule has 0 aliphatic heterocycles. The molecule has 0 bridgehead atoms. The summed E-state index contributed by atoms with van der Waals surface area (Å²) in [6, 6.07) is 5.37. The topological polar surface area (TPSA) is 107 Å². The average molecular weight is 329 g/mol. The Hall–Kier alpha value is -2.90. The largest absolute Gasteiger partial charge is 0.507 e. The van der Waals surface area contributed by atoms with E-state index in [4.69, 9.17) is 0 Å². The zero-order valence-corrected chi connectivity index (χ0v) is 14.4. The molecule has 0 aliphatic rings. The van der Waals surface area contributed by atoms with Crippen molar-refractivity contribution in [2.45, 2.75) is 27.7 Å². The highest BCUT2D eigenvalue weighted by atomic mass is 16.3. The van der Waals surface area contributed by atoms with Crippen molar-refractivity contribution in [2.75, 3.05) is 29.1 Å². The first kappa shape index (κ1) is 17.5. The van der Waals surface area contributed by atoms with Crippen LogP contribution in [0.25, 0.3) is 0 Å². The number of phenols is 1. The van der Waals surface area contributed by atoms with E-state index >= 15 is 0 Å². The Kier molecular flexibility index (Phi) is 5.89. The van der Waals surface area contributed by atoms with Crippen LogP contribution >= 0.6 is 0 Å². The smallest absolute Gasteiger partial charge is 0.250 e. The third-order valence-corrected chi connectivity index (χ3v) is 3.17. The Bertz CT molecular complexity index is 706. The minimum Gasteiger partial charge on any atom is -0.507 e. The Morgan fingerprint density at radius 1 is 1.04 bits per heavy atom. The van der Waals surface area contributed by atoms with Gasteiger partial charge in [0.15, 0.2) is 0 Å². The fraction of sp³-hybridized carbons (Fsp3) is 0.375. The minimum atomic E-state index is 0.181. The molecule has 2 rings (SSSR count). The standard InChI is InChI=1S/C16H23N7O/c1-5-17-14-19-15(18-6-2)21-16(20-14)23-22-11(4)12-9-10(3)7-8-13(12)24/h7-9,24H,5-6H2,1-4H3,(H3,17,18,19,20,21,23)/b22-11+. The van der Waals surface area contributed by atoms with Crippen LogP contribution < -0.4 is 16.1 Å². The molecular weight excluding hydrogens is 306 g/mol. The molecule has 0 aliphatic carbocycles. The van der Waals surface area contributed by atoms with Gasteiger partial charge in [-0.25, -0.2) is 5.43 Å². The molecule has 0 unspecified atom stereocenters. The van der Waals surface area contributed by atoms with Crippen LogP contribution in [-0.4, -0.2) is 38.9 Å². The summed E-state index contributed by atoms with van der Waals surface area (Å²) in [5.74, 6) is 1.44. The molecule has 0 saturated carbocycles. The number of nitrogens with one attached hydrogen (secondary N) is 3. The van der Waals surface area contributed by atoms with Crippen LogP contribution in [-0.2, 0) is 0 Å². The molecule has 1 aromatic carbocycles. The van der Waals surface area contributed by atoms with Gasteiger partial charge in [0.1, 0.15) is 5.75 Å². The molecule has 0 radical (unpaired) electrons. The van der Waals surface area contributed by atoms with Crippen molar-refractivity contribution < 1.29 is 5.11 Å². The molecule has 4 N–H and O–H groups in total. The van der Waals surface area contributed by atoms with Crippen molar-refractivity contribution in [1.82, 2.24) is 15.0 Å². The van der Waals surface area contributed by atoms with E-state index in [1.54, 1.807) is 13.0 Å². The Labute approximate surface area is 141 Å². The summed E-state index contributed by atoms with van der Waals surface area (Å²) in [4.78, 5) is 12.8. The summed E-state index contributed by atoms with van der Waals surface area (Å²) in [5, 5.41) is 20.3. The number of anilines is 3. The third kappa shape index (κ3) is 4.55. The highest BCUT2D eigenvalue weighted by molar-refractivity contribution is 6.01. The maximum absolute atomic E-state index is 9.96. The van der Waals surface area contributed by atoms with Crippen LogP contribution in [0.5, 0.6) is 5.75 Å². The summed E-state index contributed by atoms with van der Waals surface area (Å²) in [5.41, 5.74) is 5.16. The van der Waals surface area contributed by atoms with Gasteiger partial charge in [0.2, 0.25) is 17.8 Å². The second kappa shape index (κ2) is 8.09. The maximum Gasteiger partial charge on any atom is 0.250 e. The van der Waals surface area contributed by atoms with E-state index < -0.39 is 0 Å². The number of hydrazone groups is 1. The summed E-state index contributed by atoms with van der Waals surface area (Å²) >= 11 is 0. The van der Waals surface area contributed by atoms with Gasteiger partial charge in [0, 0.05) is 18.7 Å². The van der Waals surface area contributed by atoms with Gasteiger partial charge in [-0.3, -0.25) is 0 Å². The predicted octanol–water partition coefficient (Wildman–Crippen LogP) is 2.59. The van der Waals surface area contributed by atoms with Crippen LogP contribution in [0.3, 0.4) is 0 Å². The van der Waals surface area contributed by atoms with Crippen LogP contribution in [0.4, 0.5) is 17.8 Å². The number of aryl methyl sites for hydroxylation is 1. The lowest BCUT2D eigenvalue weighted by Crippen LogP contribution is -2.11. The Morgan fingerprint density at radius 3 is 2.21 bits per heavy atom. The third-order valence-electron chi connectivity index (χ3n) is 3.17. The Balaban J connectivity index is 2.24. The second-order valence-electron chi connectivity index (χ2n) is 5.20. The summed E-state index contributed by atoms with van der Waals surface area (Å²) in [6.45, 7) is 9.10. The van der Waals surface area contributed by atoms with Gasteiger partial charge >= 0.3 is 0 Å². The van der Waals surface area contributed by atoms with Gasteiger partial charge in [-0.15, -0.1) is 0 Å². The van der Waals surface area contributed by atoms with E-state index in [0.29, 0.717) is 42.2 Å². The number of rotatable bonds is 7.